The lowest BCUT2D eigenvalue weighted by atomic mass is 9.97. The molecule has 0 heterocycles. The number of aliphatic hydroxyl groups excluding tert-OH is 1. The topological polar surface area (TPSA) is 95.5 Å². The van der Waals surface area contributed by atoms with E-state index in [-0.39, 0.29) is 41.4 Å². The average molecular weight is 755 g/mol. The van der Waals surface area contributed by atoms with Crippen LogP contribution >= 0.6 is 11.6 Å². The number of aliphatic hydroxyl groups is 1. The number of carbonyl (C=O) groups excluding carboxylic acids is 1. The minimum absolute atomic E-state index is 0.0688. The van der Waals surface area contributed by atoms with Gasteiger partial charge in [0, 0.05) is 30.0 Å². The molecule has 5 rings (SSSR count). The molecule has 0 saturated heterocycles. The van der Waals surface area contributed by atoms with Crippen LogP contribution in [0.2, 0.25) is 5.02 Å². The average Bonchev–Trinajstić information content (AvgIpc) is 3.57. The minimum Gasteiger partial charge on any atom is -0.492 e. The molecule has 0 bridgehead atoms. The Morgan fingerprint density at radius 3 is 2.23 bits per heavy atom. The number of likely N-dealkylation sites (N-methyl/N-ethyl adjacent to an activating group) is 2. The van der Waals surface area contributed by atoms with Crippen LogP contribution in [0.1, 0.15) is 58.5 Å². The summed E-state index contributed by atoms with van der Waals surface area (Å²) in [5.41, 5.74) is 1.43. The number of benzene rings is 4. The number of hydrogen-bond donors (Lipinski definition) is 3. The third-order valence-electron chi connectivity index (χ3n) is 8.89. The predicted molar refractivity (Wildman–Crippen MR) is 201 cm³/mol. The number of rotatable bonds is 16. The molecule has 0 aliphatic heterocycles. The van der Waals surface area contributed by atoms with Crippen molar-refractivity contribution in [3.8, 4) is 17.2 Å². The van der Waals surface area contributed by atoms with Gasteiger partial charge in [0.05, 0.1) is 16.7 Å². The molecule has 0 radical (unpaired) electrons. The first-order valence-corrected chi connectivity index (χ1v) is 17.8. The second kappa shape index (κ2) is 18.0. The highest BCUT2D eigenvalue weighted by atomic mass is 35.5. The third-order valence-corrected chi connectivity index (χ3v) is 9.22. The fraction of sp³-hybridized carbons (Fsp3) is 0.375. The number of para-hydroxylation sites is 1. The van der Waals surface area contributed by atoms with Crippen molar-refractivity contribution in [1.82, 2.24) is 9.80 Å². The van der Waals surface area contributed by atoms with E-state index in [1.165, 1.54) is 6.07 Å². The first kappa shape index (κ1) is 39.7. The third kappa shape index (κ3) is 11.0. The Labute approximate surface area is 313 Å². The van der Waals surface area contributed by atoms with Gasteiger partial charge in [-0.2, -0.15) is 13.2 Å². The van der Waals surface area contributed by atoms with Gasteiger partial charge in [-0.1, -0.05) is 48.0 Å². The van der Waals surface area contributed by atoms with Crippen molar-refractivity contribution >= 4 is 28.9 Å². The van der Waals surface area contributed by atoms with Gasteiger partial charge < -0.3 is 39.8 Å². The Morgan fingerprint density at radius 1 is 0.849 bits per heavy atom. The number of nitrogens with zero attached hydrogens (tertiary/aromatic N) is 2. The highest BCUT2D eigenvalue weighted by molar-refractivity contribution is 6.31. The maximum absolute atomic E-state index is 13.8. The second-order valence-corrected chi connectivity index (χ2v) is 13.9. The maximum atomic E-state index is 13.8. The van der Waals surface area contributed by atoms with Crippen LogP contribution in [0.3, 0.4) is 0 Å². The summed E-state index contributed by atoms with van der Waals surface area (Å²) in [6, 6.07) is 23.5. The molecule has 4 aromatic rings. The summed E-state index contributed by atoms with van der Waals surface area (Å²) in [6.07, 6.45) is -3.74. The summed E-state index contributed by atoms with van der Waals surface area (Å²) in [5.74, 6) is 0.606. The molecule has 3 unspecified atom stereocenters. The van der Waals surface area contributed by atoms with Gasteiger partial charge in [0.25, 0.3) is 5.91 Å². The van der Waals surface area contributed by atoms with Crippen LogP contribution in [0, 0.1) is 0 Å². The zero-order valence-corrected chi connectivity index (χ0v) is 31.0. The maximum Gasteiger partial charge on any atom is 0.417 e. The Hall–Kier alpha value is -4.49. The van der Waals surface area contributed by atoms with Crippen molar-refractivity contribution in [3.05, 3.63) is 112 Å². The highest BCUT2D eigenvalue weighted by Crippen LogP contribution is 2.40. The Morgan fingerprint density at radius 2 is 1.51 bits per heavy atom. The summed E-state index contributed by atoms with van der Waals surface area (Å²) in [7, 11) is 7.73. The number of carbonyl (C=O) groups is 1. The molecule has 3 atom stereocenters. The number of halogens is 4. The van der Waals surface area contributed by atoms with Crippen LogP contribution in [0.25, 0.3) is 0 Å². The predicted octanol–water partition coefficient (Wildman–Crippen LogP) is 8.31. The van der Waals surface area contributed by atoms with Crippen molar-refractivity contribution in [2.45, 2.75) is 43.7 Å². The first-order valence-electron chi connectivity index (χ1n) is 17.4. The molecule has 13 heteroatoms. The lowest BCUT2D eigenvalue weighted by molar-refractivity contribution is -0.137. The van der Waals surface area contributed by atoms with Gasteiger partial charge >= 0.3 is 6.18 Å². The van der Waals surface area contributed by atoms with Crippen molar-refractivity contribution in [3.63, 3.8) is 0 Å². The standard InChI is InChI=1S/C40H46ClF3N4O5/c1-47(2)19-21-51-34-12-6-5-11-31(34)38(49)45-28-10-7-9-26(23-28)27-15-17-30(24-27)53-36-14-8-13-35(52-22-20-48(3)4)37(36)39(50)46-29-16-18-33(41)32(25-29)40(42,43)44/h5-14,16,18,23,25,27,30,38,45,49H,15,17,19-22,24H2,1-4H3,(H,46,50). The molecule has 1 aliphatic carbocycles. The Balaban J connectivity index is 1.30. The number of amides is 1. The number of hydrogen-bond acceptors (Lipinski definition) is 8. The molecule has 1 aliphatic rings. The van der Waals surface area contributed by atoms with Crippen LogP contribution in [-0.4, -0.2) is 81.4 Å². The van der Waals surface area contributed by atoms with Crippen LogP contribution in [-0.2, 0) is 6.18 Å². The van der Waals surface area contributed by atoms with Gasteiger partial charge in [0.2, 0.25) is 0 Å². The second-order valence-electron chi connectivity index (χ2n) is 13.5. The summed E-state index contributed by atoms with van der Waals surface area (Å²) in [4.78, 5) is 17.7. The van der Waals surface area contributed by atoms with Gasteiger partial charge in [-0.25, -0.2) is 0 Å². The zero-order chi connectivity index (χ0) is 38.1. The normalized spacial score (nSPS) is 16.4. The smallest absolute Gasteiger partial charge is 0.417 e. The lowest BCUT2D eigenvalue weighted by Gasteiger charge is -2.21. The van der Waals surface area contributed by atoms with Crippen LogP contribution < -0.4 is 24.8 Å². The molecule has 0 aromatic heterocycles. The molecule has 1 saturated carbocycles. The van der Waals surface area contributed by atoms with E-state index >= 15 is 0 Å². The number of ether oxygens (including phenoxy) is 3. The molecule has 4 aromatic carbocycles. The largest absolute Gasteiger partial charge is 0.492 e. The zero-order valence-electron chi connectivity index (χ0n) is 30.3. The summed E-state index contributed by atoms with van der Waals surface area (Å²) in [5, 5.41) is 16.4. The van der Waals surface area contributed by atoms with E-state index in [9.17, 15) is 23.1 Å². The SMILES string of the molecule is CN(C)CCOc1ccccc1C(O)Nc1cccc(C2CCC(Oc3cccc(OCCN(C)C)c3C(=O)Nc3ccc(Cl)c(C(F)(F)F)c3)C2)c1. The van der Waals surface area contributed by atoms with Crippen LogP contribution in [0.15, 0.2) is 84.9 Å². The molecule has 53 heavy (non-hydrogen) atoms. The molecule has 284 valence electrons. The fourth-order valence-corrected chi connectivity index (χ4v) is 6.35. The van der Waals surface area contributed by atoms with Crippen LogP contribution in [0.5, 0.6) is 17.2 Å². The summed E-state index contributed by atoms with van der Waals surface area (Å²) >= 11 is 5.81. The van der Waals surface area contributed by atoms with E-state index in [0.29, 0.717) is 37.3 Å². The van der Waals surface area contributed by atoms with E-state index < -0.39 is 28.9 Å². The molecule has 9 nitrogen and oxygen atoms in total. The molecular weight excluding hydrogens is 709 g/mol. The van der Waals surface area contributed by atoms with E-state index in [4.69, 9.17) is 25.8 Å². The number of alkyl halides is 3. The molecule has 1 amide bonds. The first-order chi connectivity index (χ1) is 25.3. The van der Waals surface area contributed by atoms with Crippen molar-refractivity contribution in [1.29, 1.82) is 0 Å². The number of anilines is 2. The minimum atomic E-state index is -4.69. The fourth-order valence-electron chi connectivity index (χ4n) is 6.13. The van der Waals surface area contributed by atoms with E-state index in [1.54, 1.807) is 18.2 Å². The van der Waals surface area contributed by atoms with Gasteiger partial charge in [-0.15, -0.1) is 0 Å². The lowest BCUT2D eigenvalue weighted by Crippen LogP contribution is -2.22. The summed E-state index contributed by atoms with van der Waals surface area (Å²) in [6.45, 7) is 2.08. The van der Waals surface area contributed by atoms with Gasteiger partial charge in [0.15, 0.2) is 6.23 Å². The molecule has 0 spiro atoms. The Kier molecular flexibility index (Phi) is 13.5. The van der Waals surface area contributed by atoms with Gasteiger partial charge in [-0.3, -0.25) is 4.79 Å². The van der Waals surface area contributed by atoms with Crippen molar-refractivity contribution in [2.24, 2.45) is 0 Å². The monoisotopic (exact) mass is 754 g/mol. The van der Waals surface area contributed by atoms with E-state index in [1.807, 2.05) is 86.5 Å². The van der Waals surface area contributed by atoms with Gasteiger partial charge in [0.1, 0.15) is 36.0 Å². The van der Waals surface area contributed by atoms with Crippen molar-refractivity contribution in [2.75, 3.05) is 65.1 Å². The Bertz CT molecular complexity index is 1840. The van der Waals surface area contributed by atoms with Gasteiger partial charge in [-0.05, 0) is 107 Å². The van der Waals surface area contributed by atoms with E-state index in [2.05, 4.69) is 10.6 Å². The quantitative estimate of drug-likeness (QED) is 0.0985. The van der Waals surface area contributed by atoms with Crippen molar-refractivity contribution < 1.29 is 37.3 Å². The molecular formula is C40H46ClF3N4O5. The number of nitrogens with one attached hydrogen (secondary N) is 2. The molecule has 1 fully saturated rings. The highest BCUT2D eigenvalue weighted by Gasteiger charge is 2.34. The van der Waals surface area contributed by atoms with Crippen LogP contribution in [0.4, 0.5) is 24.5 Å². The molecule has 3 N–H and O–H groups in total. The summed E-state index contributed by atoms with van der Waals surface area (Å²) < 4.78 is 59.1. The van der Waals surface area contributed by atoms with E-state index in [0.717, 1.165) is 36.3 Å².